The second-order valence-electron chi connectivity index (χ2n) is 4.66. The molecule has 1 atom stereocenters. The Labute approximate surface area is 112 Å². The molecule has 2 aliphatic heterocycles. The van der Waals surface area contributed by atoms with Crippen LogP contribution in [0.5, 0.6) is 0 Å². The molecule has 2 rings (SSSR count). The van der Waals surface area contributed by atoms with Gasteiger partial charge in [0.05, 0.1) is 5.88 Å². The second-order valence-corrected chi connectivity index (χ2v) is 5.66. The fourth-order valence-electron chi connectivity index (χ4n) is 2.37. The van der Waals surface area contributed by atoms with Crippen LogP contribution in [0.15, 0.2) is 0 Å². The maximum Gasteiger partial charge on any atom is 0.246 e. The summed E-state index contributed by atoms with van der Waals surface area (Å²) in [6, 6.07) is -0.236. The van der Waals surface area contributed by atoms with Crippen LogP contribution < -0.4 is 5.32 Å². The number of carbonyl (C=O) groups is 2. The van der Waals surface area contributed by atoms with Gasteiger partial charge in [-0.25, -0.2) is 0 Å². The second kappa shape index (κ2) is 6.43. The number of hydrogen-bond acceptors (Lipinski definition) is 4. The Kier molecular flexibility index (Phi) is 4.88. The van der Waals surface area contributed by atoms with E-state index in [2.05, 4.69) is 5.32 Å². The van der Waals surface area contributed by atoms with Crippen molar-refractivity contribution < 1.29 is 9.59 Å². The van der Waals surface area contributed by atoms with Crippen molar-refractivity contribution in [2.24, 2.45) is 0 Å². The fraction of sp³-hybridized carbons (Fsp3) is 0.833. The van der Waals surface area contributed by atoms with Crippen LogP contribution in [-0.4, -0.2) is 65.5 Å². The van der Waals surface area contributed by atoms with Gasteiger partial charge in [-0.05, 0) is 13.0 Å². The quantitative estimate of drug-likeness (QED) is 0.775. The summed E-state index contributed by atoms with van der Waals surface area (Å²) in [5.41, 5.74) is 0. The van der Waals surface area contributed by atoms with Crippen LogP contribution in [0.1, 0.15) is 19.8 Å². The lowest BCUT2D eigenvalue weighted by atomic mass is 10.2. The van der Waals surface area contributed by atoms with Crippen molar-refractivity contribution in [3.05, 3.63) is 0 Å². The first-order valence-corrected chi connectivity index (χ1v) is 7.76. The van der Waals surface area contributed by atoms with Crippen molar-refractivity contribution in [1.29, 1.82) is 0 Å². The molecule has 0 radical (unpaired) electrons. The van der Waals surface area contributed by atoms with Gasteiger partial charge < -0.3 is 15.1 Å². The van der Waals surface area contributed by atoms with Crippen LogP contribution in [0, 0.1) is 0 Å². The van der Waals surface area contributed by atoms with E-state index in [0.29, 0.717) is 12.3 Å². The third-order valence-electron chi connectivity index (χ3n) is 3.44. The molecule has 2 aliphatic rings. The van der Waals surface area contributed by atoms with Crippen LogP contribution >= 0.6 is 11.8 Å². The van der Waals surface area contributed by atoms with E-state index < -0.39 is 0 Å². The summed E-state index contributed by atoms with van der Waals surface area (Å²) < 4.78 is 0. The van der Waals surface area contributed by atoms with Gasteiger partial charge >= 0.3 is 0 Å². The number of thioether (sulfide) groups is 1. The molecule has 2 fully saturated rings. The van der Waals surface area contributed by atoms with E-state index >= 15 is 0 Å². The van der Waals surface area contributed by atoms with Crippen LogP contribution in [0.4, 0.5) is 0 Å². The molecule has 18 heavy (non-hydrogen) atoms. The molecule has 0 aromatic carbocycles. The largest absolute Gasteiger partial charge is 0.340 e. The Hall–Kier alpha value is -0.750. The Morgan fingerprint density at radius 2 is 2.17 bits per heavy atom. The van der Waals surface area contributed by atoms with Crippen LogP contribution in [0.3, 0.4) is 0 Å². The lowest BCUT2D eigenvalue weighted by molar-refractivity contribution is -0.143. The summed E-state index contributed by atoms with van der Waals surface area (Å²) in [7, 11) is 0. The van der Waals surface area contributed by atoms with Crippen LogP contribution in [0.2, 0.25) is 0 Å². The number of nitrogens with zero attached hydrogens (tertiary/aromatic N) is 2. The Morgan fingerprint density at radius 1 is 1.33 bits per heavy atom. The summed E-state index contributed by atoms with van der Waals surface area (Å²) in [5, 5.41) is 3.29. The zero-order valence-electron chi connectivity index (χ0n) is 10.9. The SMILES string of the molecule is CCC(=O)N1CSCC1C(=O)N1CCCNCC1. The van der Waals surface area contributed by atoms with E-state index in [1.54, 1.807) is 16.7 Å². The molecule has 0 bridgehead atoms. The van der Waals surface area contributed by atoms with E-state index in [-0.39, 0.29) is 17.9 Å². The molecule has 0 aromatic heterocycles. The third kappa shape index (κ3) is 2.98. The van der Waals surface area contributed by atoms with E-state index in [1.807, 2.05) is 11.8 Å². The molecule has 1 N–H and O–H groups in total. The highest BCUT2D eigenvalue weighted by Gasteiger charge is 2.36. The van der Waals surface area contributed by atoms with Crippen LogP contribution in [0.25, 0.3) is 0 Å². The molecule has 2 saturated heterocycles. The molecule has 0 aromatic rings. The van der Waals surface area contributed by atoms with Gasteiger partial charge in [-0.3, -0.25) is 9.59 Å². The molecular formula is C12H21N3O2S. The summed E-state index contributed by atoms with van der Waals surface area (Å²) in [5.74, 6) is 1.63. The minimum atomic E-state index is -0.236. The van der Waals surface area contributed by atoms with Crippen molar-refractivity contribution in [2.45, 2.75) is 25.8 Å². The first-order chi connectivity index (χ1) is 8.74. The monoisotopic (exact) mass is 271 g/mol. The lowest BCUT2D eigenvalue weighted by Gasteiger charge is -2.28. The standard InChI is InChI=1S/C12H21N3O2S/c1-2-11(16)15-9-18-8-10(15)12(17)14-6-3-4-13-5-7-14/h10,13H,2-9H2,1H3. The average molecular weight is 271 g/mol. The highest BCUT2D eigenvalue weighted by molar-refractivity contribution is 7.99. The van der Waals surface area contributed by atoms with Gasteiger partial charge in [0.1, 0.15) is 6.04 Å². The molecule has 2 amide bonds. The molecule has 5 nitrogen and oxygen atoms in total. The highest BCUT2D eigenvalue weighted by atomic mass is 32.2. The smallest absolute Gasteiger partial charge is 0.246 e. The zero-order chi connectivity index (χ0) is 13.0. The molecule has 6 heteroatoms. The van der Waals surface area contributed by atoms with Crippen molar-refractivity contribution in [1.82, 2.24) is 15.1 Å². The van der Waals surface area contributed by atoms with Crippen molar-refractivity contribution >= 4 is 23.6 Å². The van der Waals surface area contributed by atoms with E-state index in [9.17, 15) is 9.59 Å². The first-order valence-electron chi connectivity index (χ1n) is 6.60. The summed E-state index contributed by atoms with van der Waals surface area (Å²) in [6.45, 7) is 5.24. The number of carbonyl (C=O) groups excluding carboxylic acids is 2. The molecule has 2 heterocycles. The number of rotatable bonds is 2. The van der Waals surface area contributed by atoms with E-state index in [1.165, 1.54) is 0 Å². The summed E-state index contributed by atoms with van der Waals surface area (Å²) >= 11 is 1.67. The summed E-state index contributed by atoms with van der Waals surface area (Å²) in [6.07, 6.45) is 1.47. The first kappa shape index (κ1) is 13.7. The Bertz CT molecular complexity index is 316. The van der Waals surface area contributed by atoms with Gasteiger partial charge in [0.2, 0.25) is 11.8 Å². The molecule has 1 unspecified atom stereocenters. The maximum absolute atomic E-state index is 12.5. The molecule has 0 spiro atoms. The van der Waals surface area contributed by atoms with Gasteiger partial charge in [0.15, 0.2) is 0 Å². The average Bonchev–Trinajstić information content (AvgIpc) is 2.72. The van der Waals surface area contributed by atoms with Crippen molar-refractivity contribution in [2.75, 3.05) is 37.8 Å². The van der Waals surface area contributed by atoms with Gasteiger partial charge in [-0.1, -0.05) is 6.92 Å². The highest BCUT2D eigenvalue weighted by Crippen LogP contribution is 2.23. The van der Waals surface area contributed by atoms with Gasteiger partial charge in [0, 0.05) is 31.8 Å². The minimum Gasteiger partial charge on any atom is -0.340 e. The van der Waals surface area contributed by atoms with E-state index in [0.717, 1.165) is 38.4 Å². The molecule has 102 valence electrons. The zero-order valence-corrected chi connectivity index (χ0v) is 11.7. The predicted molar refractivity (Wildman–Crippen MR) is 72.3 cm³/mol. The van der Waals surface area contributed by atoms with Crippen molar-refractivity contribution in [3.8, 4) is 0 Å². The predicted octanol–water partition coefficient (Wildman–Crippen LogP) is 0.120. The van der Waals surface area contributed by atoms with Crippen LogP contribution in [-0.2, 0) is 9.59 Å². The maximum atomic E-state index is 12.5. The van der Waals surface area contributed by atoms with Gasteiger partial charge in [-0.2, -0.15) is 0 Å². The van der Waals surface area contributed by atoms with Crippen molar-refractivity contribution in [3.63, 3.8) is 0 Å². The Morgan fingerprint density at radius 3 is 2.94 bits per heavy atom. The lowest BCUT2D eigenvalue weighted by Crippen LogP contribution is -2.49. The Balaban J connectivity index is 2.00. The number of hydrogen-bond donors (Lipinski definition) is 1. The van der Waals surface area contributed by atoms with Gasteiger partial charge in [-0.15, -0.1) is 11.8 Å². The van der Waals surface area contributed by atoms with E-state index in [4.69, 9.17) is 0 Å². The molecule has 0 aliphatic carbocycles. The normalized spacial score (nSPS) is 25.1. The summed E-state index contributed by atoms with van der Waals surface area (Å²) in [4.78, 5) is 27.9. The molecule has 0 saturated carbocycles. The molecular weight excluding hydrogens is 250 g/mol. The minimum absolute atomic E-state index is 0.0892. The third-order valence-corrected chi connectivity index (χ3v) is 4.45. The number of amides is 2. The fourth-order valence-corrected chi connectivity index (χ4v) is 3.54. The van der Waals surface area contributed by atoms with Gasteiger partial charge in [0.25, 0.3) is 0 Å². The topological polar surface area (TPSA) is 52.7 Å². The number of nitrogens with one attached hydrogen (secondary N) is 1.